The molecule has 0 aromatic heterocycles. The van der Waals surface area contributed by atoms with Crippen LogP contribution in [0.2, 0.25) is 0 Å². The van der Waals surface area contributed by atoms with Gasteiger partial charge in [-0.2, -0.15) is 0 Å². The summed E-state index contributed by atoms with van der Waals surface area (Å²) in [4.78, 5) is 16.7. The maximum atomic E-state index is 12.3. The fraction of sp³-hybridized carbons (Fsp3) is 0.929. The highest BCUT2D eigenvalue weighted by molar-refractivity contribution is 9.10. The number of alkyl halides is 1. The Balaban J connectivity index is 1.82. The molecule has 4 nitrogen and oxygen atoms in total. The van der Waals surface area contributed by atoms with E-state index in [1.807, 2.05) is 18.7 Å². The third-order valence-corrected chi connectivity index (χ3v) is 4.21. The Labute approximate surface area is 124 Å². The van der Waals surface area contributed by atoms with Gasteiger partial charge in [0.1, 0.15) is 0 Å². The second kappa shape index (κ2) is 6.55. The smallest absolute Gasteiger partial charge is 0.238 e. The van der Waals surface area contributed by atoms with Crippen molar-refractivity contribution in [1.29, 1.82) is 0 Å². The molecule has 19 heavy (non-hydrogen) atoms. The molecule has 1 amide bonds. The number of amides is 1. The molecule has 2 rings (SSSR count). The van der Waals surface area contributed by atoms with Crippen LogP contribution in [0.5, 0.6) is 0 Å². The Morgan fingerprint density at radius 3 is 2.68 bits per heavy atom. The summed E-state index contributed by atoms with van der Waals surface area (Å²) in [5.41, 5.74) is 0. The van der Waals surface area contributed by atoms with Gasteiger partial charge in [0.25, 0.3) is 0 Å². The third-order valence-electron chi connectivity index (χ3n) is 3.87. The first kappa shape index (κ1) is 15.3. The van der Waals surface area contributed by atoms with Crippen LogP contribution in [0.4, 0.5) is 0 Å². The second-order valence-corrected chi connectivity index (χ2v) is 8.04. The van der Waals surface area contributed by atoms with Crippen LogP contribution in [0, 0.1) is 0 Å². The van der Waals surface area contributed by atoms with E-state index in [2.05, 4.69) is 20.8 Å². The van der Waals surface area contributed by atoms with Gasteiger partial charge in [0, 0.05) is 32.8 Å². The fourth-order valence-corrected chi connectivity index (χ4v) is 3.06. The van der Waals surface area contributed by atoms with E-state index >= 15 is 0 Å². The molecule has 2 aliphatic rings. The van der Waals surface area contributed by atoms with Gasteiger partial charge in [0.2, 0.25) is 5.91 Å². The molecule has 0 aliphatic carbocycles. The molecule has 2 heterocycles. The molecule has 2 fully saturated rings. The normalized spacial score (nSPS) is 26.5. The molecule has 2 saturated heterocycles. The Morgan fingerprint density at radius 2 is 2.05 bits per heavy atom. The minimum absolute atomic E-state index is 0.200. The summed E-state index contributed by atoms with van der Waals surface area (Å²) in [5.74, 6) is 0.200. The molecule has 5 heteroatoms. The van der Waals surface area contributed by atoms with Crippen LogP contribution in [0.25, 0.3) is 0 Å². The van der Waals surface area contributed by atoms with Crippen molar-refractivity contribution in [2.24, 2.45) is 0 Å². The van der Waals surface area contributed by atoms with Crippen LogP contribution in [-0.4, -0.2) is 65.5 Å². The number of nitrogens with zero attached hydrogens (tertiary/aromatic N) is 2. The highest BCUT2D eigenvalue weighted by atomic mass is 79.9. The lowest BCUT2D eigenvalue weighted by atomic mass is 10.2. The number of carbonyl (C=O) groups is 1. The second-order valence-electron chi connectivity index (χ2n) is 6.05. The Bertz CT molecular complexity index is 311. The predicted octanol–water partition coefficient (Wildman–Crippen LogP) is 1.87. The Kier molecular flexibility index (Phi) is 5.26. The van der Waals surface area contributed by atoms with Gasteiger partial charge < -0.3 is 9.64 Å². The Morgan fingerprint density at radius 1 is 1.26 bits per heavy atom. The lowest BCUT2D eigenvalue weighted by Crippen LogP contribution is -2.43. The first-order valence-corrected chi connectivity index (χ1v) is 8.08. The van der Waals surface area contributed by atoms with Gasteiger partial charge in [-0.05, 0) is 39.7 Å². The van der Waals surface area contributed by atoms with Crippen molar-refractivity contribution in [2.45, 2.75) is 43.5 Å². The summed E-state index contributed by atoms with van der Waals surface area (Å²) < 4.78 is 5.25. The monoisotopic (exact) mass is 332 g/mol. The molecule has 0 aromatic rings. The van der Waals surface area contributed by atoms with Gasteiger partial charge >= 0.3 is 0 Å². The lowest BCUT2D eigenvalue weighted by Gasteiger charge is -2.27. The zero-order chi connectivity index (χ0) is 13.9. The van der Waals surface area contributed by atoms with Gasteiger partial charge in [0.15, 0.2) is 0 Å². The van der Waals surface area contributed by atoms with Crippen LogP contribution >= 0.6 is 15.9 Å². The van der Waals surface area contributed by atoms with Crippen molar-refractivity contribution < 1.29 is 9.53 Å². The molecular formula is C14H25BrN2O2. The highest BCUT2D eigenvalue weighted by Crippen LogP contribution is 2.21. The molecule has 0 saturated carbocycles. The predicted molar refractivity (Wildman–Crippen MR) is 79.6 cm³/mol. The summed E-state index contributed by atoms with van der Waals surface area (Å²) in [6.45, 7) is 9.53. The van der Waals surface area contributed by atoms with Crippen LogP contribution in [0.3, 0.4) is 0 Å². The summed E-state index contributed by atoms with van der Waals surface area (Å²) in [6, 6.07) is 0. The number of hydrogen-bond donors (Lipinski definition) is 0. The van der Waals surface area contributed by atoms with E-state index in [1.165, 1.54) is 12.8 Å². The van der Waals surface area contributed by atoms with E-state index in [0.29, 0.717) is 6.10 Å². The van der Waals surface area contributed by atoms with Crippen molar-refractivity contribution in [1.82, 2.24) is 9.80 Å². The van der Waals surface area contributed by atoms with E-state index in [4.69, 9.17) is 4.74 Å². The average molecular weight is 333 g/mol. The molecular weight excluding hydrogens is 308 g/mol. The summed E-state index contributed by atoms with van der Waals surface area (Å²) in [5, 5.41) is 0. The summed E-state index contributed by atoms with van der Waals surface area (Å²) in [7, 11) is 0. The fourth-order valence-electron chi connectivity index (χ4n) is 2.81. The molecule has 2 aliphatic heterocycles. The van der Waals surface area contributed by atoms with E-state index in [1.54, 1.807) is 0 Å². The first-order valence-electron chi connectivity index (χ1n) is 7.29. The largest absolute Gasteiger partial charge is 0.377 e. The molecule has 0 spiro atoms. The first-order chi connectivity index (χ1) is 8.97. The molecule has 0 aromatic carbocycles. The summed E-state index contributed by atoms with van der Waals surface area (Å²) in [6.07, 6.45) is 3.85. The van der Waals surface area contributed by atoms with E-state index in [0.717, 1.165) is 45.8 Å². The van der Waals surface area contributed by atoms with Crippen molar-refractivity contribution in [3.63, 3.8) is 0 Å². The number of rotatable bonds is 3. The van der Waals surface area contributed by atoms with Gasteiger partial charge in [-0.25, -0.2) is 0 Å². The highest BCUT2D eigenvalue weighted by Gasteiger charge is 2.30. The number of carbonyl (C=O) groups excluding carboxylic acids is 1. The SMILES string of the molecule is CC(C)(Br)C(=O)N1CCCN(CC2CCCO2)CC1. The molecule has 1 unspecified atom stereocenters. The van der Waals surface area contributed by atoms with Crippen molar-refractivity contribution in [2.75, 3.05) is 39.3 Å². The number of halogens is 1. The van der Waals surface area contributed by atoms with Crippen molar-refractivity contribution in [3.8, 4) is 0 Å². The quantitative estimate of drug-likeness (QED) is 0.740. The molecule has 0 bridgehead atoms. The minimum Gasteiger partial charge on any atom is -0.377 e. The van der Waals surface area contributed by atoms with Crippen LogP contribution in [0.1, 0.15) is 33.1 Å². The Hall–Kier alpha value is -0.130. The van der Waals surface area contributed by atoms with Crippen LogP contribution < -0.4 is 0 Å². The van der Waals surface area contributed by atoms with E-state index in [9.17, 15) is 4.79 Å². The molecule has 110 valence electrons. The molecule has 0 radical (unpaired) electrons. The van der Waals surface area contributed by atoms with Gasteiger partial charge in [0.05, 0.1) is 10.4 Å². The van der Waals surface area contributed by atoms with Crippen molar-refractivity contribution >= 4 is 21.8 Å². The maximum Gasteiger partial charge on any atom is 0.238 e. The van der Waals surface area contributed by atoms with Crippen LogP contribution in [0.15, 0.2) is 0 Å². The zero-order valence-electron chi connectivity index (χ0n) is 12.0. The minimum atomic E-state index is -0.448. The van der Waals surface area contributed by atoms with Gasteiger partial charge in [-0.15, -0.1) is 0 Å². The molecule has 1 atom stereocenters. The summed E-state index contributed by atoms with van der Waals surface area (Å²) >= 11 is 3.47. The van der Waals surface area contributed by atoms with Crippen LogP contribution in [-0.2, 0) is 9.53 Å². The van der Waals surface area contributed by atoms with E-state index < -0.39 is 4.32 Å². The van der Waals surface area contributed by atoms with Gasteiger partial charge in [-0.3, -0.25) is 9.69 Å². The van der Waals surface area contributed by atoms with Crippen molar-refractivity contribution in [3.05, 3.63) is 0 Å². The van der Waals surface area contributed by atoms with E-state index in [-0.39, 0.29) is 5.91 Å². The lowest BCUT2D eigenvalue weighted by molar-refractivity contribution is -0.132. The standard InChI is InChI=1S/C14H25BrN2O2/c1-14(2,15)13(18)17-7-4-6-16(8-9-17)11-12-5-3-10-19-12/h12H,3-11H2,1-2H3. The maximum absolute atomic E-state index is 12.3. The number of hydrogen-bond acceptors (Lipinski definition) is 3. The average Bonchev–Trinajstić information content (AvgIpc) is 2.72. The zero-order valence-corrected chi connectivity index (χ0v) is 13.6. The van der Waals surface area contributed by atoms with Gasteiger partial charge in [-0.1, -0.05) is 15.9 Å². The molecule has 0 N–H and O–H groups in total. The third kappa shape index (κ3) is 4.43. The topological polar surface area (TPSA) is 32.8 Å². The number of ether oxygens (including phenoxy) is 1.